The highest BCUT2D eigenvalue weighted by molar-refractivity contribution is 5.96. The van der Waals surface area contributed by atoms with Crippen molar-refractivity contribution in [3.63, 3.8) is 0 Å². The zero-order chi connectivity index (χ0) is 19.8. The third kappa shape index (κ3) is 3.40. The summed E-state index contributed by atoms with van der Waals surface area (Å²) in [5.41, 5.74) is 4.20. The Labute approximate surface area is 164 Å². The van der Waals surface area contributed by atoms with Crippen molar-refractivity contribution in [2.45, 2.75) is 45.7 Å². The van der Waals surface area contributed by atoms with Crippen LogP contribution in [0.15, 0.2) is 36.4 Å². The van der Waals surface area contributed by atoms with Crippen LogP contribution in [0, 0.1) is 12.7 Å². The van der Waals surface area contributed by atoms with E-state index in [9.17, 15) is 9.18 Å². The van der Waals surface area contributed by atoms with E-state index in [0.29, 0.717) is 5.52 Å². The Morgan fingerprint density at radius 1 is 1.29 bits per heavy atom. The van der Waals surface area contributed by atoms with Gasteiger partial charge in [0.2, 0.25) is 5.91 Å². The molecule has 0 aliphatic carbocycles. The van der Waals surface area contributed by atoms with E-state index in [4.69, 9.17) is 4.98 Å². The number of nitrogens with zero attached hydrogens (tertiary/aromatic N) is 2. The van der Waals surface area contributed by atoms with Gasteiger partial charge in [-0.15, -0.1) is 0 Å². The summed E-state index contributed by atoms with van der Waals surface area (Å²) in [7, 11) is 0. The molecular weight excluding hydrogens is 355 g/mol. The monoisotopic (exact) mass is 380 g/mol. The number of hydrogen-bond donors (Lipinski definition) is 2. The van der Waals surface area contributed by atoms with Crippen LogP contribution in [-0.2, 0) is 4.79 Å². The Morgan fingerprint density at radius 3 is 2.82 bits per heavy atom. The molecule has 6 heteroatoms. The van der Waals surface area contributed by atoms with E-state index in [1.165, 1.54) is 12.1 Å². The number of benzene rings is 2. The fourth-order valence-electron chi connectivity index (χ4n) is 3.82. The smallest absolute Gasteiger partial charge is 0.241 e. The molecule has 2 aromatic carbocycles. The number of aryl methyl sites for hydroxylation is 1. The molecule has 1 atom stereocenters. The highest BCUT2D eigenvalue weighted by atomic mass is 19.1. The first-order valence-electron chi connectivity index (χ1n) is 9.77. The molecule has 146 valence electrons. The molecule has 0 bridgehead atoms. The van der Waals surface area contributed by atoms with Crippen LogP contribution < -0.4 is 10.6 Å². The van der Waals surface area contributed by atoms with Gasteiger partial charge in [-0.3, -0.25) is 4.79 Å². The number of anilines is 1. The number of amides is 1. The molecule has 5 nitrogen and oxygen atoms in total. The lowest BCUT2D eigenvalue weighted by atomic mass is 10.1. The van der Waals surface area contributed by atoms with Gasteiger partial charge in [0.15, 0.2) is 0 Å². The van der Waals surface area contributed by atoms with Crippen LogP contribution in [0.2, 0.25) is 0 Å². The summed E-state index contributed by atoms with van der Waals surface area (Å²) in [6.45, 7) is 7.02. The van der Waals surface area contributed by atoms with Crippen molar-refractivity contribution in [2.75, 3.05) is 11.9 Å². The maximum absolute atomic E-state index is 13.7. The third-order valence-electron chi connectivity index (χ3n) is 5.30. The molecule has 2 heterocycles. The standard InChI is InChI=1S/C22H25FN4O/c1-13(2)27-20-9-8-16(23)12-19(20)25-21(27)15-7-6-14(3)18(11-15)26-22(28)17-5-4-10-24-17/h6-9,11-13,17,24H,4-5,10H2,1-3H3,(H,26,28). The molecule has 0 radical (unpaired) electrons. The minimum Gasteiger partial charge on any atom is -0.324 e. The summed E-state index contributed by atoms with van der Waals surface area (Å²) in [5, 5.41) is 6.28. The van der Waals surface area contributed by atoms with Crippen molar-refractivity contribution in [3.8, 4) is 11.4 Å². The zero-order valence-corrected chi connectivity index (χ0v) is 16.4. The van der Waals surface area contributed by atoms with Crippen LogP contribution in [0.1, 0.15) is 38.3 Å². The highest BCUT2D eigenvalue weighted by Gasteiger charge is 2.23. The first-order valence-corrected chi connectivity index (χ1v) is 9.77. The summed E-state index contributed by atoms with van der Waals surface area (Å²) in [4.78, 5) is 17.2. The number of imidazole rings is 1. The van der Waals surface area contributed by atoms with Gasteiger partial charge in [0.1, 0.15) is 11.6 Å². The molecule has 2 N–H and O–H groups in total. The molecular formula is C22H25FN4O. The molecule has 0 spiro atoms. The predicted molar refractivity (Wildman–Crippen MR) is 110 cm³/mol. The third-order valence-corrected chi connectivity index (χ3v) is 5.30. The Hall–Kier alpha value is -2.73. The SMILES string of the molecule is Cc1ccc(-c2nc3cc(F)ccc3n2C(C)C)cc1NC(=O)C1CCCN1. The summed E-state index contributed by atoms with van der Waals surface area (Å²) in [6.07, 6.45) is 1.88. The number of halogens is 1. The average Bonchev–Trinajstić information content (AvgIpc) is 3.30. The van der Waals surface area contributed by atoms with Crippen LogP contribution in [0.5, 0.6) is 0 Å². The van der Waals surface area contributed by atoms with E-state index in [1.807, 2.05) is 25.1 Å². The maximum Gasteiger partial charge on any atom is 0.241 e. The predicted octanol–water partition coefficient (Wildman–Crippen LogP) is 4.42. The number of aromatic nitrogens is 2. The lowest BCUT2D eigenvalue weighted by molar-refractivity contribution is -0.117. The minimum atomic E-state index is -0.298. The largest absolute Gasteiger partial charge is 0.324 e. The second kappa shape index (κ2) is 7.36. The van der Waals surface area contributed by atoms with Gasteiger partial charge in [-0.25, -0.2) is 9.37 Å². The lowest BCUT2D eigenvalue weighted by Gasteiger charge is -2.16. The van der Waals surface area contributed by atoms with Gasteiger partial charge < -0.3 is 15.2 Å². The van der Waals surface area contributed by atoms with Gasteiger partial charge in [0.05, 0.1) is 17.1 Å². The molecule has 1 saturated heterocycles. The van der Waals surface area contributed by atoms with Crippen LogP contribution in [0.4, 0.5) is 10.1 Å². The van der Waals surface area contributed by atoms with Crippen LogP contribution >= 0.6 is 0 Å². The Bertz CT molecular complexity index is 1030. The molecule has 1 aromatic heterocycles. The van der Waals surface area contributed by atoms with Crippen molar-refractivity contribution >= 4 is 22.6 Å². The van der Waals surface area contributed by atoms with Crippen molar-refractivity contribution in [3.05, 3.63) is 47.8 Å². The van der Waals surface area contributed by atoms with Crippen molar-refractivity contribution in [2.24, 2.45) is 0 Å². The van der Waals surface area contributed by atoms with Gasteiger partial charge in [-0.1, -0.05) is 12.1 Å². The van der Waals surface area contributed by atoms with E-state index < -0.39 is 0 Å². The normalized spacial score (nSPS) is 16.8. The molecule has 28 heavy (non-hydrogen) atoms. The first-order chi connectivity index (χ1) is 13.4. The van der Waals surface area contributed by atoms with E-state index >= 15 is 0 Å². The van der Waals surface area contributed by atoms with E-state index in [2.05, 4.69) is 29.0 Å². The second-order valence-electron chi connectivity index (χ2n) is 7.70. The molecule has 0 saturated carbocycles. The van der Waals surface area contributed by atoms with Gasteiger partial charge in [0, 0.05) is 23.4 Å². The van der Waals surface area contributed by atoms with Crippen LogP contribution in [0.25, 0.3) is 22.4 Å². The van der Waals surface area contributed by atoms with E-state index in [1.54, 1.807) is 6.07 Å². The molecule has 1 fully saturated rings. The minimum absolute atomic E-state index is 0.00261. The number of nitrogens with one attached hydrogen (secondary N) is 2. The van der Waals surface area contributed by atoms with E-state index in [0.717, 1.165) is 47.5 Å². The zero-order valence-electron chi connectivity index (χ0n) is 16.4. The fraction of sp³-hybridized carbons (Fsp3) is 0.364. The van der Waals surface area contributed by atoms with Crippen molar-refractivity contribution in [1.82, 2.24) is 14.9 Å². The van der Waals surface area contributed by atoms with Gasteiger partial charge in [-0.05, 0) is 63.9 Å². The number of carbonyl (C=O) groups is 1. The average molecular weight is 380 g/mol. The van der Waals surface area contributed by atoms with Gasteiger partial charge in [-0.2, -0.15) is 0 Å². The molecule has 1 aliphatic rings. The Morgan fingerprint density at radius 2 is 2.11 bits per heavy atom. The summed E-state index contributed by atoms with van der Waals surface area (Å²) in [6, 6.07) is 10.6. The van der Waals surface area contributed by atoms with Crippen LogP contribution in [0.3, 0.4) is 0 Å². The molecule has 1 aliphatic heterocycles. The molecule has 1 unspecified atom stereocenters. The van der Waals surface area contributed by atoms with Gasteiger partial charge >= 0.3 is 0 Å². The number of hydrogen-bond acceptors (Lipinski definition) is 3. The maximum atomic E-state index is 13.7. The summed E-state index contributed by atoms with van der Waals surface area (Å²) >= 11 is 0. The Balaban J connectivity index is 1.75. The van der Waals surface area contributed by atoms with Crippen molar-refractivity contribution in [1.29, 1.82) is 0 Å². The van der Waals surface area contributed by atoms with Crippen LogP contribution in [-0.4, -0.2) is 28.0 Å². The molecule has 1 amide bonds. The van der Waals surface area contributed by atoms with E-state index in [-0.39, 0.29) is 23.8 Å². The summed E-state index contributed by atoms with van der Waals surface area (Å²) in [5.74, 6) is 0.468. The van der Waals surface area contributed by atoms with Crippen molar-refractivity contribution < 1.29 is 9.18 Å². The Kier molecular flexibility index (Phi) is 4.89. The van der Waals surface area contributed by atoms with Gasteiger partial charge in [0.25, 0.3) is 0 Å². The second-order valence-corrected chi connectivity index (χ2v) is 7.70. The highest BCUT2D eigenvalue weighted by Crippen LogP contribution is 2.31. The number of fused-ring (bicyclic) bond motifs is 1. The number of carbonyl (C=O) groups excluding carboxylic acids is 1. The number of rotatable bonds is 4. The molecule has 3 aromatic rings. The quantitative estimate of drug-likeness (QED) is 0.704. The summed E-state index contributed by atoms with van der Waals surface area (Å²) < 4.78 is 15.8. The topological polar surface area (TPSA) is 59.0 Å². The molecule has 4 rings (SSSR count). The lowest BCUT2D eigenvalue weighted by Crippen LogP contribution is -2.35. The fourth-order valence-corrected chi connectivity index (χ4v) is 3.82. The first kappa shape index (κ1) is 18.6.